The molecule has 2 amide bonds. The number of halogens is 2. The van der Waals surface area contributed by atoms with E-state index in [4.69, 9.17) is 23.2 Å². The maximum atomic E-state index is 13.3. The van der Waals surface area contributed by atoms with Gasteiger partial charge in [-0.1, -0.05) is 58.9 Å². The number of carbonyl (C=O) groups excluding carboxylic acids is 2. The maximum Gasteiger partial charge on any atom is 0.273 e. The second-order valence-electron chi connectivity index (χ2n) is 6.55. The highest BCUT2D eigenvalue weighted by molar-refractivity contribution is 8.08. The van der Waals surface area contributed by atoms with Crippen LogP contribution < -0.4 is 4.90 Å². The molecule has 0 radical (unpaired) electrons. The van der Waals surface area contributed by atoms with Gasteiger partial charge in [-0.15, -0.1) is 0 Å². The zero-order valence-corrected chi connectivity index (χ0v) is 18.9. The highest BCUT2D eigenvalue weighted by atomic mass is 35.5. The summed E-state index contributed by atoms with van der Waals surface area (Å²) < 4.78 is 0. The van der Waals surface area contributed by atoms with E-state index in [9.17, 15) is 9.59 Å². The molecule has 3 aromatic carbocycles. The summed E-state index contributed by atoms with van der Waals surface area (Å²) in [4.78, 5) is 30.3. The molecule has 3 nitrogen and oxygen atoms in total. The number of anilines is 1. The third-order valence-electron chi connectivity index (χ3n) is 4.33. The predicted octanol–water partition coefficient (Wildman–Crippen LogP) is 6.97. The lowest BCUT2D eigenvalue weighted by Gasteiger charge is -2.15. The fraction of sp³-hybridized carbons (Fsp3) is 0.0435. The summed E-state index contributed by atoms with van der Waals surface area (Å²) in [6.07, 6.45) is 0. The lowest BCUT2D eigenvalue weighted by Crippen LogP contribution is -2.31. The third kappa shape index (κ3) is 4.44. The van der Waals surface area contributed by atoms with E-state index in [1.165, 1.54) is 28.4 Å². The first-order valence-electron chi connectivity index (χ1n) is 8.99. The first-order chi connectivity index (χ1) is 14.4. The Morgan fingerprint density at radius 1 is 0.700 bits per heavy atom. The SMILES string of the molecule is Cc1cccc(N2C(=O)C(Sc3ccc(Cl)cc3)=C(Sc3ccc(Cl)cc3)C2=O)c1. The predicted molar refractivity (Wildman–Crippen MR) is 125 cm³/mol. The lowest BCUT2D eigenvalue weighted by atomic mass is 10.2. The van der Waals surface area contributed by atoms with E-state index in [1.807, 2.05) is 49.4 Å². The number of rotatable bonds is 5. The first kappa shape index (κ1) is 21.1. The molecule has 0 spiro atoms. The van der Waals surface area contributed by atoms with Crippen LogP contribution >= 0.6 is 46.7 Å². The van der Waals surface area contributed by atoms with Crippen molar-refractivity contribution in [2.75, 3.05) is 4.90 Å². The molecule has 0 aliphatic carbocycles. The average molecular weight is 472 g/mol. The van der Waals surface area contributed by atoms with Gasteiger partial charge in [-0.25, -0.2) is 4.90 Å². The summed E-state index contributed by atoms with van der Waals surface area (Å²) in [5.74, 6) is -0.663. The van der Waals surface area contributed by atoms with Crippen molar-refractivity contribution in [3.05, 3.63) is 98.2 Å². The highest BCUT2D eigenvalue weighted by Gasteiger charge is 2.40. The van der Waals surface area contributed by atoms with E-state index in [0.29, 0.717) is 25.5 Å². The van der Waals surface area contributed by atoms with Crippen molar-refractivity contribution in [2.24, 2.45) is 0 Å². The second kappa shape index (κ2) is 8.90. The number of imide groups is 1. The van der Waals surface area contributed by atoms with Crippen LogP contribution in [0.15, 0.2) is 92.4 Å². The van der Waals surface area contributed by atoms with Crippen molar-refractivity contribution in [1.82, 2.24) is 0 Å². The Hall–Kier alpha value is -2.18. The molecule has 0 unspecified atom stereocenters. The quantitative estimate of drug-likeness (QED) is 0.376. The molecule has 0 saturated heterocycles. The summed E-state index contributed by atoms with van der Waals surface area (Å²) in [7, 11) is 0. The van der Waals surface area contributed by atoms with Crippen LogP contribution in [0.2, 0.25) is 10.0 Å². The molecular weight excluding hydrogens is 457 g/mol. The van der Waals surface area contributed by atoms with E-state index < -0.39 is 0 Å². The minimum absolute atomic E-state index is 0.331. The smallest absolute Gasteiger partial charge is 0.268 e. The van der Waals surface area contributed by atoms with Crippen molar-refractivity contribution in [3.8, 4) is 0 Å². The number of carbonyl (C=O) groups is 2. The monoisotopic (exact) mass is 471 g/mol. The van der Waals surface area contributed by atoms with Crippen molar-refractivity contribution in [1.29, 1.82) is 0 Å². The molecule has 4 rings (SSSR count). The third-order valence-corrected chi connectivity index (χ3v) is 7.14. The summed E-state index contributed by atoms with van der Waals surface area (Å²) in [6.45, 7) is 1.93. The van der Waals surface area contributed by atoms with Crippen LogP contribution in [-0.2, 0) is 9.59 Å². The minimum atomic E-state index is -0.331. The van der Waals surface area contributed by atoms with Crippen molar-refractivity contribution < 1.29 is 9.59 Å². The van der Waals surface area contributed by atoms with Gasteiger partial charge in [0.05, 0.1) is 15.5 Å². The standard InChI is InChI=1S/C23H15Cl2NO2S2/c1-14-3-2-4-17(13-14)26-22(27)20(29-18-9-5-15(24)6-10-18)21(23(26)28)30-19-11-7-16(25)8-12-19/h2-13H,1H3. The molecule has 0 atom stereocenters. The van der Waals surface area contributed by atoms with Gasteiger partial charge in [0.2, 0.25) is 0 Å². The summed E-state index contributed by atoms with van der Waals surface area (Å²) >= 11 is 14.5. The van der Waals surface area contributed by atoms with Crippen LogP contribution in [0.4, 0.5) is 5.69 Å². The zero-order chi connectivity index (χ0) is 21.3. The largest absolute Gasteiger partial charge is 0.273 e. The maximum absolute atomic E-state index is 13.3. The zero-order valence-electron chi connectivity index (χ0n) is 15.8. The van der Waals surface area contributed by atoms with Gasteiger partial charge >= 0.3 is 0 Å². The van der Waals surface area contributed by atoms with E-state index in [2.05, 4.69) is 0 Å². The van der Waals surface area contributed by atoms with Gasteiger partial charge in [0.1, 0.15) is 0 Å². The Morgan fingerprint density at radius 2 is 1.17 bits per heavy atom. The average Bonchev–Trinajstić information content (AvgIpc) is 2.95. The Kier molecular flexibility index (Phi) is 6.25. The summed E-state index contributed by atoms with van der Waals surface area (Å²) in [5.41, 5.74) is 1.53. The first-order valence-corrected chi connectivity index (χ1v) is 11.4. The fourth-order valence-corrected chi connectivity index (χ4v) is 5.15. The number of aryl methyl sites for hydroxylation is 1. The van der Waals surface area contributed by atoms with Crippen LogP contribution in [0.5, 0.6) is 0 Å². The van der Waals surface area contributed by atoms with Gasteiger partial charge in [-0.3, -0.25) is 9.59 Å². The van der Waals surface area contributed by atoms with Crippen LogP contribution in [0.3, 0.4) is 0 Å². The number of hydrogen-bond donors (Lipinski definition) is 0. The molecular formula is C23H15Cl2NO2S2. The Morgan fingerprint density at radius 3 is 1.60 bits per heavy atom. The number of hydrogen-bond acceptors (Lipinski definition) is 4. The molecule has 0 saturated carbocycles. The van der Waals surface area contributed by atoms with E-state index in [0.717, 1.165) is 15.4 Å². The van der Waals surface area contributed by atoms with Gasteiger partial charge in [0, 0.05) is 19.8 Å². The molecule has 0 N–H and O–H groups in total. The number of benzene rings is 3. The number of nitrogens with zero attached hydrogens (tertiary/aromatic N) is 1. The second-order valence-corrected chi connectivity index (χ2v) is 9.60. The Labute approximate surface area is 193 Å². The number of thioether (sulfide) groups is 2. The highest BCUT2D eigenvalue weighted by Crippen LogP contribution is 2.44. The lowest BCUT2D eigenvalue weighted by molar-refractivity contribution is -0.120. The summed E-state index contributed by atoms with van der Waals surface area (Å²) in [6, 6.07) is 21.7. The molecule has 1 aliphatic rings. The molecule has 7 heteroatoms. The molecule has 0 fully saturated rings. The summed E-state index contributed by atoms with van der Waals surface area (Å²) in [5, 5.41) is 1.22. The molecule has 150 valence electrons. The van der Waals surface area contributed by atoms with Crippen LogP contribution in [-0.4, -0.2) is 11.8 Å². The van der Waals surface area contributed by atoms with Crippen molar-refractivity contribution in [2.45, 2.75) is 16.7 Å². The van der Waals surface area contributed by atoms with E-state index in [-0.39, 0.29) is 11.8 Å². The fourth-order valence-electron chi connectivity index (χ4n) is 2.91. The molecule has 0 bridgehead atoms. The van der Waals surface area contributed by atoms with Crippen molar-refractivity contribution in [3.63, 3.8) is 0 Å². The van der Waals surface area contributed by atoms with Crippen LogP contribution in [0.1, 0.15) is 5.56 Å². The van der Waals surface area contributed by atoms with Crippen molar-refractivity contribution >= 4 is 64.2 Å². The molecule has 3 aromatic rings. The Balaban J connectivity index is 1.74. The van der Waals surface area contributed by atoms with E-state index in [1.54, 1.807) is 30.3 Å². The molecule has 1 aliphatic heterocycles. The van der Waals surface area contributed by atoms with Gasteiger partial charge in [0.25, 0.3) is 11.8 Å². The molecule has 30 heavy (non-hydrogen) atoms. The van der Waals surface area contributed by atoms with Crippen LogP contribution in [0, 0.1) is 6.92 Å². The van der Waals surface area contributed by atoms with Gasteiger partial charge < -0.3 is 0 Å². The minimum Gasteiger partial charge on any atom is -0.268 e. The van der Waals surface area contributed by atoms with Gasteiger partial charge in [-0.05, 0) is 73.2 Å². The van der Waals surface area contributed by atoms with Gasteiger partial charge in [0.15, 0.2) is 0 Å². The normalized spacial score (nSPS) is 14.0. The molecule has 0 aromatic heterocycles. The topological polar surface area (TPSA) is 37.4 Å². The Bertz CT molecular complexity index is 1090. The molecule has 1 heterocycles. The van der Waals surface area contributed by atoms with E-state index >= 15 is 0 Å². The van der Waals surface area contributed by atoms with Gasteiger partial charge in [-0.2, -0.15) is 0 Å². The number of amides is 2. The van der Waals surface area contributed by atoms with Crippen LogP contribution in [0.25, 0.3) is 0 Å².